The molecule has 0 spiro atoms. The second-order valence-corrected chi connectivity index (χ2v) is 5.16. The number of hydrogen-bond acceptors (Lipinski definition) is 3. The molecule has 0 aliphatic carbocycles. The van der Waals surface area contributed by atoms with Crippen molar-refractivity contribution in [2.24, 2.45) is 11.7 Å². The summed E-state index contributed by atoms with van der Waals surface area (Å²) in [6.07, 6.45) is 0. The fourth-order valence-electron chi connectivity index (χ4n) is 2.07. The van der Waals surface area contributed by atoms with Gasteiger partial charge in [-0.2, -0.15) is 0 Å². The summed E-state index contributed by atoms with van der Waals surface area (Å²) in [5.74, 6) is 0.603. The van der Waals surface area contributed by atoms with Gasteiger partial charge in [-0.05, 0) is 24.3 Å². The predicted octanol–water partition coefficient (Wildman–Crippen LogP) is 1.72. The highest BCUT2D eigenvalue weighted by molar-refractivity contribution is 5.20. The molecular formula is C15H26N2O. The molecular weight excluding hydrogens is 224 g/mol. The van der Waals surface area contributed by atoms with Crippen molar-refractivity contribution in [1.82, 2.24) is 5.32 Å². The Balaban J connectivity index is 2.66. The lowest BCUT2D eigenvalue weighted by atomic mass is 9.91. The van der Waals surface area contributed by atoms with Gasteiger partial charge in [-0.25, -0.2) is 0 Å². The van der Waals surface area contributed by atoms with Crippen LogP contribution in [0.3, 0.4) is 0 Å². The Morgan fingerprint density at radius 2 is 1.78 bits per heavy atom. The summed E-state index contributed by atoms with van der Waals surface area (Å²) in [4.78, 5) is 0. The normalized spacial score (nSPS) is 18.1. The number of benzene rings is 1. The minimum absolute atomic E-state index is 0.200. The van der Waals surface area contributed by atoms with Crippen molar-refractivity contribution in [3.8, 4) is 0 Å². The maximum Gasteiger partial charge on any atom is 0.0471 e. The molecule has 0 radical (unpaired) electrons. The summed E-state index contributed by atoms with van der Waals surface area (Å²) in [6.45, 7) is 7.12. The third kappa shape index (κ3) is 4.09. The quantitative estimate of drug-likeness (QED) is 0.690. The van der Waals surface area contributed by atoms with Gasteiger partial charge in [0.25, 0.3) is 0 Å². The van der Waals surface area contributed by atoms with Gasteiger partial charge in [0.15, 0.2) is 0 Å². The van der Waals surface area contributed by atoms with E-state index in [9.17, 15) is 5.11 Å². The lowest BCUT2D eigenvalue weighted by Gasteiger charge is -2.30. The molecule has 4 atom stereocenters. The Morgan fingerprint density at radius 3 is 2.28 bits per heavy atom. The first-order valence-electron chi connectivity index (χ1n) is 6.72. The molecule has 0 aromatic heterocycles. The average Bonchev–Trinajstić information content (AvgIpc) is 2.43. The number of nitrogens with one attached hydrogen (secondary N) is 1. The average molecular weight is 250 g/mol. The molecule has 0 aliphatic rings. The number of hydrogen-bond donors (Lipinski definition) is 3. The summed E-state index contributed by atoms with van der Waals surface area (Å²) >= 11 is 0. The van der Waals surface area contributed by atoms with Crippen LogP contribution in [0.15, 0.2) is 30.3 Å². The largest absolute Gasteiger partial charge is 0.396 e. The van der Waals surface area contributed by atoms with Crippen LogP contribution in [0.1, 0.15) is 32.3 Å². The van der Waals surface area contributed by atoms with Gasteiger partial charge < -0.3 is 16.2 Å². The molecule has 4 N–H and O–H groups in total. The standard InChI is InChI=1S/C15H26N2O/c1-11(10-18)13(3)17-15(9-16)12(2)14-7-5-4-6-8-14/h4-8,11-13,15,17-18H,9-10,16H2,1-3H3. The van der Waals surface area contributed by atoms with E-state index in [-0.39, 0.29) is 24.6 Å². The fraction of sp³-hybridized carbons (Fsp3) is 0.600. The van der Waals surface area contributed by atoms with Crippen molar-refractivity contribution < 1.29 is 5.11 Å². The lowest BCUT2D eigenvalue weighted by molar-refractivity contribution is 0.198. The van der Waals surface area contributed by atoms with Gasteiger partial charge in [0.05, 0.1) is 0 Å². The summed E-state index contributed by atoms with van der Waals surface area (Å²) in [6, 6.07) is 10.9. The van der Waals surface area contributed by atoms with Gasteiger partial charge in [0.1, 0.15) is 0 Å². The van der Waals surface area contributed by atoms with E-state index in [2.05, 4.69) is 43.4 Å². The topological polar surface area (TPSA) is 58.3 Å². The van der Waals surface area contributed by atoms with Crippen LogP contribution in [0.2, 0.25) is 0 Å². The molecule has 0 saturated carbocycles. The molecule has 0 fully saturated rings. The maximum atomic E-state index is 9.18. The third-order valence-electron chi connectivity index (χ3n) is 3.80. The molecule has 102 valence electrons. The predicted molar refractivity (Wildman–Crippen MR) is 76.5 cm³/mol. The van der Waals surface area contributed by atoms with Gasteiger partial charge >= 0.3 is 0 Å². The Kier molecular flexibility index (Phi) is 6.33. The lowest BCUT2D eigenvalue weighted by Crippen LogP contribution is -2.47. The van der Waals surface area contributed by atoms with Crippen molar-refractivity contribution in [2.45, 2.75) is 38.8 Å². The van der Waals surface area contributed by atoms with Crippen molar-refractivity contribution in [2.75, 3.05) is 13.2 Å². The van der Waals surface area contributed by atoms with E-state index in [1.807, 2.05) is 13.0 Å². The summed E-state index contributed by atoms with van der Waals surface area (Å²) in [7, 11) is 0. The molecule has 0 saturated heterocycles. The first-order valence-corrected chi connectivity index (χ1v) is 6.72. The molecule has 3 heteroatoms. The zero-order valence-electron chi connectivity index (χ0n) is 11.6. The Hall–Kier alpha value is -0.900. The van der Waals surface area contributed by atoms with Gasteiger partial charge in [-0.1, -0.05) is 44.2 Å². The number of aliphatic hydroxyl groups is 1. The van der Waals surface area contributed by atoms with Crippen molar-refractivity contribution >= 4 is 0 Å². The highest BCUT2D eigenvalue weighted by Gasteiger charge is 2.21. The van der Waals surface area contributed by atoms with E-state index >= 15 is 0 Å². The molecule has 4 unspecified atom stereocenters. The Bertz CT molecular complexity index is 329. The molecule has 0 amide bonds. The van der Waals surface area contributed by atoms with Gasteiger partial charge in [0.2, 0.25) is 0 Å². The van der Waals surface area contributed by atoms with Crippen LogP contribution < -0.4 is 11.1 Å². The molecule has 0 aliphatic heterocycles. The smallest absolute Gasteiger partial charge is 0.0471 e. The monoisotopic (exact) mass is 250 g/mol. The van der Waals surface area contributed by atoms with Crippen molar-refractivity contribution in [1.29, 1.82) is 0 Å². The Labute approximate surface area is 110 Å². The van der Waals surface area contributed by atoms with Crippen LogP contribution in [0.4, 0.5) is 0 Å². The second kappa shape index (κ2) is 7.52. The van der Waals surface area contributed by atoms with E-state index < -0.39 is 0 Å². The third-order valence-corrected chi connectivity index (χ3v) is 3.80. The zero-order valence-corrected chi connectivity index (χ0v) is 11.6. The molecule has 1 aromatic carbocycles. The first kappa shape index (κ1) is 15.2. The van der Waals surface area contributed by atoms with Crippen LogP contribution in [0, 0.1) is 5.92 Å². The highest BCUT2D eigenvalue weighted by atomic mass is 16.3. The summed E-state index contributed by atoms with van der Waals surface area (Å²) in [5, 5.41) is 12.7. The van der Waals surface area contributed by atoms with Crippen LogP contribution in [-0.2, 0) is 0 Å². The highest BCUT2D eigenvalue weighted by Crippen LogP contribution is 2.19. The number of nitrogens with two attached hydrogens (primary N) is 1. The minimum Gasteiger partial charge on any atom is -0.396 e. The van der Waals surface area contributed by atoms with Crippen LogP contribution in [-0.4, -0.2) is 30.3 Å². The molecule has 1 aromatic rings. The van der Waals surface area contributed by atoms with E-state index in [1.54, 1.807) is 0 Å². The number of aliphatic hydroxyl groups excluding tert-OH is 1. The summed E-state index contributed by atoms with van der Waals surface area (Å²) in [5.41, 5.74) is 7.17. The van der Waals surface area contributed by atoms with Crippen molar-refractivity contribution in [3.05, 3.63) is 35.9 Å². The van der Waals surface area contributed by atoms with E-state index in [4.69, 9.17) is 5.73 Å². The number of rotatable bonds is 7. The zero-order chi connectivity index (χ0) is 13.5. The van der Waals surface area contributed by atoms with Crippen LogP contribution in [0.25, 0.3) is 0 Å². The van der Waals surface area contributed by atoms with Gasteiger partial charge in [-0.15, -0.1) is 0 Å². The van der Waals surface area contributed by atoms with Gasteiger partial charge in [0, 0.05) is 25.2 Å². The fourth-order valence-corrected chi connectivity index (χ4v) is 2.07. The second-order valence-electron chi connectivity index (χ2n) is 5.16. The van der Waals surface area contributed by atoms with E-state index in [0.717, 1.165) is 0 Å². The molecule has 0 heterocycles. The van der Waals surface area contributed by atoms with Crippen molar-refractivity contribution in [3.63, 3.8) is 0 Å². The molecule has 0 bridgehead atoms. The SMILES string of the molecule is CC(CO)C(C)NC(CN)C(C)c1ccccc1. The molecule has 18 heavy (non-hydrogen) atoms. The minimum atomic E-state index is 0.200. The molecule has 1 rings (SSSR count). The molecule has 3 nitrogen and oxygen atoms in total. The van der Waals surface area contributed by atoms with Crippen LogP contribution in [0.5, 0.6) is 0 Å². The van der Waals surface area contributed by atoms with Crippen LogP contribution >= 0.6 is 0 Å². The summed E-state index contributed by atoms with van der Waals surface area (Å²) < 4.78 is 0. The Morgan fingerprint density at radius 1 is 1.17 bits per heavy atom. The van der Waals surface area contributed by atoms with E-state index in [0.29, 0.717) is 12.5 Å². The van der Waals surface area contributed by atoms with E-state index in [1.165, 1.54) is 5.56 Å². The first-order chi connectivity index (χ1) is 8.60. The maximum absolute atomic E-state index is 9.18. The van der Waals surface area contributed by atoms with Gasteiger partial charge in [-0.3, -0.25) is 0 Å².